The average molecular weight is 183 g/mol. The molecular formula is C12H25N. The molecule has 0 bridgehead atoms. The first-order valence-electron chi connectivity index (χ1n) is 5.77. The van der Waals surface area contributed by atoms with Crippen LogP contribution in [-0.4, -0.2) is 24.0 Å². The molecule has 1 unspecified atom stereocenters. The van der Waals surface area contributed by atoms with Crippen molar-refractivity contribution >= 4 is 0 Å². The quantitative estimate of drug-likeness (QED) is 0.649. The predicted octanol–water partition coefficient (Wildman–Crippen LogP) is 3.30. The largest absolute Gasteiger partial charge is 0.300 e. The van der Waals surface area contributed by atoms with Crippen LogP contribution in [0.2, 0.25) is 0 Å². The molecule has 0 amide bonds. The fraction of sp³-hybridized carbons (Fsp3) is 1.00. The number of rotatable bonds is 3. The molecule has 13 heavy (non-hydrogen) atoms. The van der Waals surface area contributed by atoms with Crippen molar-refractivity contribution in [2.45, 2.75) is 59.4 Å². The molecule has 1 fully saturated rings. The molecule has 0 aromatic rings. The highest BCUT2D eigenvalue weighted by Crippen LogP contribution is 2.24. The molecule has 0 aromatic carbocycles. The summed E-state index contributed by atoms with van der Waals surface area (Å²) in [6.07, 6.45) is 5.52. The molecule has 0 aliphatic carbocycles. The molecule has 1 saturated heterocycles. The Kier molecular flexibility index (Phi) is 3.78. The fourth-order valence-corrected chi connectivity index (χ4v) is 2.13. The summed E-state index contributed by atoms with van der Waals surface area (Å²) in [6.45, 7) is 12.0. The highest BCUT2D eigenvalue weighted by molar-refractivity contribution is 4.79. The molecule has 1 aliphatic rings. The van der Waals surface area contributed by atoms with Crippen LogP contribution in [0.1, 0.15) is 53.4 Å². The summed E-state index contributed by atoms with van der Waals surface area (Å²) < 4.78 is 0. The van der Waals surface area contributed by atoms with E-state index in [2.05, 4.69) is 32.6 Å². The maximum atomic E-state index is 2.69. The number of hydrogen-bond donors (Lipinski definition) is 0. The van der Waals surface area contributed by atoms with Crippen molar-refractivity contribution in [1.29, 1.82) is 0 Å². The lowest BCUT2D eigenvalue weighted by molar-refractivity contribution is 0.209. The average Bonchev–Trinajstić information content (AvgIpc) is 2.46. The fourth-order valence-electron chi connectivity index (χ4n) is 2.13. The van der Waals surface area contributed by atoms with E-state index in [1.54, 1.807) is 0 Å². The topological polar surface area (TPSA) is 3.24 Å². The van der Waals surface area contributed by atoms with Gasteiger partial charge in [0.15, 0.2) is 0 Å². The Hall–Kier alpha value is -0.0400. The van der Waals surface area contributed by atoms with Crippen molar-refractivity contribution in [1.82, 2.24) is 4.90 Å². The highest BCUT2D eigenvalue weighted by atomic mass is 15.2. The summed E-state index contributed by atoms with van der Waals surface area (Å²) in [6, 6.07) is 0.891. The van der Waals surface area contributed by atoms with Crippen molar-refractivity contribution < 1.29 is 0 Å². The van der Waals surface area contributed by atoms with Gasteiger partial charge in [-0.1, -0.05) is 27.7 Å². The minimum absolute atomic E-state index is 0.501. The van der Waals surface area contributed by atoms with Crippen LogP contribution in [0.15, 0.2) is 0 Å². The number of hydrogen-bond acceptors (Lipinski definition) is 1. The van der Waals surface area contributed by atoms with Crippen molar-refractivity contribution in [3.8, 4) is 0 Å². The zero-order valence-electron chi connectivity index (χ0n) is 9.77. The molecule has 0 aromatic heterocycles. The molecule has 1 aliphatic heterocycles. The van der Waals surface area contributed by atoms with E-state index in [1.165, 1.54) is 38.8 Å². The Labute approximate surface area is 83.5 Å². The molecule has 1 heteroatoms. The van der Waals surface area contributed by atoms with Crippen molar-refractivity contribution in [2.75, 3.05) is 13.1 Å². The number of likely N-dealkylation sites (tertiary alicyclic amines) is 1. The first-order chi connectivity index (χ1) is 6.03. The zero-order valence-corrected chi connectivity index (χ0v) is 9.77. The van der Waals surface area contributed by atoms with Crippen molar-refractivity contribution in [3.05, 3.63) is 0 Å². The molecule has 0 radical (unpaired) electrons. The van der Waals surface area contributed by atoms with Crippen molar-refractivity contribution in [3.63, 3.8) is 0 Å². The molecule has 1 heterocycles. The van der Waals surface area contributed by atoms with Gasteiger partial charge in [0.1, 0.15) is 0 Å². The van der Waals surface area contributed by atoms with Crippen LogP contribution in [0, 0.1) is 5.41 Å². The van der Waals surface area contributed by atoms with Crippen LogP contribution in [0.25, 0.3) is 0 Å². The van der Waals surface area contributed by atoms with Gasteiger partial charge in [-0.25, -0.2) is 0 Å². The molecule has 1 rings (SSSR count). The van der Waals surface area contributed by atoms with Crippen LogP contribution in [0.3, 0.4) is 0 Å². The second kappa shape index (κ2) is 4.45. The summed E-state index contributed by atoms with van der Waals surface area (Å²) in [5, 5.41) is 0. The first kappa shape index (κ1) is 11.0. The summed E-state index contributed by atoms with van der Waals surface area (Å²) in [4.78, 5) is 2.69. The second-order valence-electron chi connectivity index (χ2n) is 5.55. The van der Waals surface area contributed by atoms with Gasteiger partial charge in [0.2, 0.25) is 0 Å². The van der Waals surface area contributed by atoms with Crippen LogP contribution >= 0.6 is 0 Å². The highest BCUT2D eigenvalue weighted by Gasteiger charge is 2.23. The molecule has 1 atom stereocenters. The lowest BCUT2D eigenvalue weighted by Gasteiger charge is -2.27. The maximum Gasteiger partial charge on any atom is 0.00931 e. The minimum atomic E-state index is 0.501. The van der Waals surface area contributed by atoms with E-state index >= 15 is 0 Å². The predicted molar refractivity (Wildman–Crippen MR) is 59.0 cm³/mol. The SMILES string of the molecule is CCC1CCCN1CCC(C)(C)C. The van der Waals surface area contributed by atoms with E-state index in [4.69, 9.17) is 0 Å². The Morgan fingerprint density at radius 1 is 1.31 bits per heavy atom. The summed E-state index contributed by atoms with van der Waals surface area (Å²) in [7, 11) is 0. The van der Waals surface area contributed by atoms with Gasteiger partial charge in [-0.15, -0.1) is 0 Å². The third kappa shape index (κ3) is 3.68. The van der Waals surface area contributed by atoms with Crippen molar-refractivity contribution in [2.24, 2.45) is 5.41 Å². The van der Waals surface area contributed by atoms with E-state index in [1.807, 2.05) is 0 Å². The van der Waals surface area contributed by atoms with Gasteiger partial charge < -0.3 is 4.90 Å². The molecule has 1 nitrogen and oxygen atoms in total. The van der Waals surface area contributed by atoms with E-state index in [9.17, 15) is 0 Å². The Morgan fingerprint density at radius 3 is 2.54 bits per heavy atom. The van der Waals surface area contributed by atoms with Gasteiger partial charge in [-0.2, -0.15) is 0 Å². The second-order valence-corrected chi connectivity index (χ2v) is 5.55. The first-order valence-corrected chi connectivity index (χ1v) is 5.77. The van der Waals surface area contributed by atoms with Gasteiger partial charge in [-0.3, -0.25) is 0 Å². The van der Waals surface area contributed by atoms with Gasteiger partial charge in [0.25, 0.3) is 0 Å². The van der Waals surface area contributed by atoms with E-state index < -0.39 is 0 Å². The summed E-state index contributed by atoms with van der Waals surface area (Å²) >= 11 is 0. The summed E-state index contributed by atoms with van der Waals surface area (Å²) in [5.41, 5.74) is 0.501. The minimum Gasteiger partial charge on any atom is -0.300 e. The smallest absolute Gasteiger partial charge is 0.00931 e. The van der Waals surface area contributed by atoms with Crippen LogP contribution in [-0.2, 0) is 0 Å². The van der Waals surface area contributed by atoms with E-state index in [0.29, 0.717) is 5.41 Å². The van der Waals surface area contributed by atoms with E-state index in [-0.39, 0.29) is 0 Å². The maximum absolute atomic E-state index is 2.69. The molecule has 78 valence electrons. The van der Waals surface area contributed by atoms with Crippen LogP contribution in [0.5, 0.6) is 0 Å². The monoisotopic (exact) mass is 183 g/mol. The normalized spacial score (nSPS) is 25.4. The van der Waals surface area contributed by atoms with Gasteiger partial charge >= 0.3 is 0 Å². The molecule has 0 spiro atoms. The van der Waals surface area contributed by atoms with Gasteiger partial charge in [0, 0.05) is 6.04 Å². The lowest BCUT2D eigenvalue weighted by atomic mass is 9.92. The Bertz CT molecular complexity index is 146. The molecule has 0 N–H and O–H groups in total. The van der Waals surface area contributed by atoms with Gasteiger partial charge in [0.05, 0.1) is 0 Å². The molecular weight excluding hydrogens is 158 g/mol. The number of nitrogens with zero attached hydrogens (tertiary/aromatic N) is 1. The standard InChI is InChI=1S/C12H25N/c1-5-11-7-6-9-13(11)10-8-12(2,3)4/h11H,5-10H2,1-4H3. The lowest BCUT2D eigenvalue weighted by Crippen LogP contribution is -2.31. The van der Waals surface area contributed by atoms with Crippen LogP contribution < -0.4 is 0 Å². The van der Waals surface area contributed by atoms with Crippen LogP contribution in [0.4, 0.5) is 0 Å². The zero-order chi connectivity index (χ0) is 9.90. The third-order valence-electron chi connectivity index (χ3n) is 3.12. The molecule has 0 saturated carbocycles. The Morgan fingerprint density at radius 2 is 2.00 bits per heavy atom. The summed E-state index contributed by atoms with van der Waals surface area (Å²) in [5.74, 6) is 0. The van der Waals surface area contributed by atoms with E-state index in [0.717, 1.165) is 6.04 Å². The van der Waals surface area contributed by atoms with Gasteiger partial charge in [-0.05, 0) is 44.2 Å². The third-order valence-corrected chi connectivity index (χ3v) is 3.12. The Balaban J connectivity index is 2.28.